The summed E-state index contributed by atoms with van der Waals surface area (Å²) in [5, 5.41) is 0. The SMILES string of the molecule is CC/C(=C\c1cccc(OC)c1OC)c1ccncc1. The molecule has 0 saturated carbocycles. The molecule has 0 spiro atoms. The molecule has 3 heteroatoms. The Kier molecular flexibility index (Phi) is 4.77. The standard InChI is InChI=1S/C17H19NO2/c1-4-13(14-8-10-18-11-9-14)12-15-6-5-7-16(19-2)17(15)20-3/h5-12H,4H2,1-3H3/b13-12+. The normalized spacial score (nSPS) is 11.2. The Morgan fingerprint density at radius 2 is 1.85 bits per heavy atom. The highest BCUT2D eigenvalue weighted by Crippen LogP contribution is 2.33. The van der Waals surface area contributed by atoms with Gasteiger partial charge in [0, 0.05) is 18.0 Å². The summed E-state index contributed by atoms with van der Waals surface area (Å²) in [4.78, 5) is 4.06. The van der Waals surface area contributed by atoms with E-state index in [1.54, 1.807) is 14.2 Å². The number of hydrogen-bond donors (Lipinski definition) is 0. The molecule has 1 aromatic heterocycles. The van der Waals surface area contributed by atoms with E-state index in [4.69, 9.17) is 9.47 Å². The summed E-state index contributed by atoms with van der Waals surface area (Å²) in [5.41, 5.74) is 3.42. The number of pyridine rings is 1. The second-order valence-electron chi connectivity index (χ2n) is 4.34. The predicted molar refractivity (Wildman–Crippen MR) is 81.9 cm³/mol. The summed E-state index contributed by atoms with van der Waals surface area (Å²) in [5.74, 6) is 1.50. The van der Waals surface area contributed by atoms with Crippen LogP contribution >= 0.6 is 0 Å². The molecule has 0 fully saturated rings. The number of allylic oxidation sites excluding steroid dienone is 1. The summed E-state index contributed by atoms with van der Waals surface area (Å²) in [6, 6.07) is 9.92. The average Bonchev–Trinajstić information content (AvgIpc) is 2.52. The van der Waals surface area contributed by atoms with Crippen molar-refractivity contribution in [3.63, 3.8) is 0 Å². The van der Waals surface area contributed by atoms with Gasteiger partial charge in [0.05, 0.1) is 14.2 Å². The summed E-state index contributed by atoms with van der Waals surface area (Å²) in [6.07, 6.45) is 6.68. The zero-order chi connectivity index (χ0) is 14.4. The number of benzene rings is 1. The van der Waals surface area contributed by atoms with E-state index < -0.39 is 0 Å². The van der Waals surface area contributed by atoms with Crippen LogP contribution in [0.1, 0.15) is 24.5 Å². The van der Waals surface area contributed by atoms with Crippen LogP contribution in [-0.2, 0) is 0 Å². The Morgan fingerprint density at radius 1 is 1.10 bits per heavy atom. The molecule has 1 heterocycles. The number of nitrogens with zero attached hydrogens (tertiary/aromatic N) is 1. The van der Waals surface area contributed by atoms with Crippen molar-refractivity contribution in [2.24, 2.45) is 0 Å². The van der Waals surface area contributed by atoms with Crippen molar-refractivity contribution in [3.8, 4) is 11.5 Å². The molecular formula is C17H19NO2. The van der Waals surface area contributed by atoms with E-state index in [1.807, 2.05) is 42.7 Å². The van der Waals surface area contributed by atoms with Gasteiger partial charge in [0.2, 0.25) is 0 Å². The van der Waals surface area contributed by atoms with Crippen molar-refractivity contribution in [2.45, 2.75) is 13.3 Å². The first-order chi connectivity index (χ1) is 9.80. The maximum Gasteiger partial charge on any atom is 0.167 e. The zero-order valence-corrected chi connectivity index (χ0v) is 12.1. The minimum Gasteiger partial charge on any atom is -0.493 e. The molecule has 1 aromatic carbocycles. The largest absolute Gasteiger partial charge is 0.493 e. The van der Waals surface area contributed by atoms with E-state index in [0.717, 1.165) is 23.5 Å². The molecule has 0 aliphatic carbocycles. The van der Waals surface area contributed by atoms with Gasteiger partial charge in [-0.3, -0.25) is 4.98 Å². The van der Waals surface area contributed by atoms with Gasteiger partial charge in [-0.2, -0.15) is 0 Å². The van der Waals surface area contributed by atoms with Crippen LogP contribution in [0, 0.1) is 0 Å². The molecule has 2 aromatic rings. The molecule has 0 unspecified atom stereocenters. The van der Waals surface area contributed by atoms with Gasteiger partial charge in [0.1, 0.15) is 0 Å². The lowest BCUT2D eigenvalue weighted by molar-refractivity contribution is 0.354. The molecule has 0 aliphatic rings. The molecule has 0 bridgehead atoms. The molecule has 0 saturated heterocycles. The monoisotopic (exact) mass is 269 g/mol. The van der Waals surface area contributed by atoms with E-state index in [1.165, 1.54) is 11.1 Å². The minimum absolute atomic E-state index is 0.742. The molecule has 0 radical (unpaired) electrons. The van der Waals surface area contributed by atoms with Gasteiger partial charge in [0.15, 0.2) is 11.5 Å². The molecule has 104 valence electrons. The molecule has 0 atom stereocenters. The summed E-state index contributed by atoms with van der Waals surface area (Å²) < 4.78 is 10.8. The second-order valence-corrected chi connectivity index (χ2v) is 4.34. The highest BCUT2D eigenvalue weighted by atomic mass is 16.5. The first kappa shape index (κ1) is 14.1. The average molecular weight is 269 g/mol. The molecule has 0 amide bonds. The van der Waals surface area contributed by atoms with Crippen molar-refractivity contribution in [3.05, 3.63) is 53.9 Å². The van der Waals surface area contributed by atoms with Gasteiger partial charge in [-0.05, 0) is 41.8 Å². The Labute approximate surface area is 119 Å². The smallest absolute Gasteiger partial charge is 0.167 e. The molecule has 3 nitrogen and oxygen atoms in total. The zero-order valence-electron chi connectivity index (χ0n) is 12.1. The topological polar surface area (TPSA) is 31.4 Å². The van der Waals surface area contributed by atoms with Crippen molar-refractivity contribution < 1.29 is 9.47 Å². The van der Waals surface area contributed by atoms with E-state index >= 15 is 0 Å². The lowest BCUT2D eigenvalue weighted by atomic mass is 10.0. The van der Waals surface area contributed by atoms with Gasteiger partial charge in [-0.15, -0.1) is 0 Å². The third kappa shape index (κ3) is 2.99. The van der Waals surface area contributed by atoms with Gasteiger partial charge >= 0.3 is 0 Å². The lowest BCUT2D eigenvalue weighted by Crippen LogP contribution is -1.93. The van der Waals surface area contributed by atoms with Crippen molar-refractivity contribution in [1.29, 1.82) is 0 Å². The van der Waals surface area contributed by atoms with E-state index in [9.17, 15) is 0 Å². The Bertz CT molecular complexity index is 591. The van der Waals surface area contributed by atoms with Crippen LogP contribution in [0.5, 0.6) is 11.5 Å². The van der Waals surface area contributed by atoms with Crippen LogP contribution in [-0.4, -0.2) is 19.2 Å². The molecule has 0 aliphatic heterocycles. The Hall–Kier alpha value is -2.29. The number of para-hydroxylation sites is 1. The van der Waals surface area contributed by atoms with Gasteiger partial charge < -0.3 is 9.47 Å². The molecule has 20 heavy (non-hydrogen) atoms. The first-order valence-electron chi connectivity index (χ1n) is 6.62. The Balaban J connectivity index is 2.48. The van der Waals surface area contributed by atoms with Gasteiger partial charge in [0.25, 0.3) is 0 Å². The van der Waals surface area contributed by atoms with Crippen LogP contribution < -0.4 is 9.47 Å². The van der Waals surface area contributed by atoms with Crippen LogP contribution in [0.15, 0.2) is 42.7 Å². The molecule has 0 N–H and O–H groups in total. The fraction of sp³-hybridized carbons (Fsp3) is 0.235. The summed E-state index contributed by atoms with van der Waals surface area (Å²) in [7, 11) is 3.31. The van der Waals surface area contributed by atoms with Crippen molar-refractivity contribution >= 4 is 11.6 Å². The van der Waals surface area contributed by atoms with Crippen molar-refractivity contribution in [2.75, 3.05) is 14.2 Å². The summed E-state index contributed by atoms with van der Waals surface area (Å²) in [6.45, 7) is 2.14. The molecule has 2 rings (SSSR count). The fourth-order valence-corrected chi connectivity index (χ4v) is 2.17. The number of methoxy groups -OCH3 is 2. The fourth-order valence-electron chi connectivity index (χ4n) is 2.17. The third-order valence-electron chi connectivity index (χ3n) is 3.20. The highest BCUT2D eigenvalue weighted by Gasteiger charge is 2.08. The van der Waals surface area contributed by atoms with Gasteiger partial charge in [-0.25, -0.2) is 0 Å². The second kappa shape index (κ2) is 6.75. The number of rotatable bonds is 5. The molecular weight excluding hydrogens is 250 g/mol. The van der Waals surface area contributed by atoms with Crippen LogP contribution in [0.4, 0.5) is 0 Å². The van der Waals surface area contributed by atoms with Gasteiger partial charge in [-0.1, -0.05) is 19.1 Å². The van der Waals surface area contributed by atoms with Crippen LogP contribution in [0.2, 0.25) is 0 Å². The maximum absolute atomic E-state index is 5.47. The van der Waals surface area contributed by atoms with Crippen LogP contribution in [0.25, 0.3) is 11.6 Å². The van der Waals surface area contributed by atoms with Crippen LogP contribution in [0.3, 0.4) is 0 Å². The quantitative estimate of drug-likeness (QED) is 0.820. The van der Waals surface area contributed by atoms with E-state index in [2.05, 4.69) is 18.0 Å². The lowest BCUT2D eigenvalue weighted by Gasteiger charge is -2.12. The van der Waals surface area contributed by atoms with E-state index in [0.29, 0.717) is 0 Å². The minimum atomic E-state index is 0.742. The maximum atomic E-state index is 5.47. The highest BCUT2D eigenvalue weighted by molar-refractivity contribution is 5.83. The van der Waals surface area contributed by atoms with E-state index in [-0.39, 0.29) is 0 Å². The number of hydrogen-bond acceptors (Lipinski definition) is 3. The predicted octanol–water partition coefficient (Wildman–Crippen LogP) is 4.05. The number of aromatic nitrogens is 1. The number of ether oxygens (including phenoxy) is 2. The first-order valence-corrected chi connectivity index (χ1v) is 6.62. The van der Waals surface area contributed by atoms with Crippen molar-refractivity contribution in [1.82, 2.24) is 4.98 Å². The summed E-state index contributed by atoms with van der Waals surface area (Å²) >= 11 is 0. The third-order valence-corrected chi connectivity index (χ3v) is 3.20. The Morgan fingerprint density at radius 3 is 2.45 bits per heavy atom.